The normalized spacial score (nSPS) is 11.8. The molecule has 0 heterocycles. The summed E-state index contributed by atoms with van der Waals surface area (Å²) in [5.41, 5.74) is 1.31. The highest BCUT2D eigenvalue weighted by atomic mass is 79.9. The number of rotatable bonds is 5. The van der Waals surface area contributed by atoms with Gasteiger partial charge in [-0.15, -0.1) is 0 Å². The van der Waals surface area contributed by atoms with Crippen LogP contribution in [0, 0.1) is 0 Å². The lowest BCUT2D eigenvalue weighted by Crippen LogP contribution is -2.40. The second kappa shape index (κ2) is 6.74. The third-order valence-electron chi connectivity index (χ3n) is 2.29. The van der Waals surface area contributed by atoms with E-state index in [2.05, 4.69) is 47.3 Å². The van der Waals surface area contributed by atoms with E-state index in [4.69, 9.17) is 11.6 Å². The zero-order chi connectivity index (χ0) is 12.9. The molecule has 1 aromatic carbocycles. The molecule has 0 aliphatic carbocycles. The molecule has 0 aliphatic heterocycles. The molecule has 0 bridgehead atoms. The molecule has 0 radical (unpaired) electrons. The van der Waals surface area contributed by atoms with E-state index in [0.717, 1.165) is 34.7 Å². The Hall–Kier alpha value is -0.0900. The van der Waals surface area contributed by atoms with Gasteiger partial charge in [0.25, 0.3) is 0 Å². The fraction of sp³-hybridized carbons (Fsp3) is 0.538. The lowest BCUT2D eigenvalue weighted by atomic mass is 10.1. The highest BCUT2D eigenvalue weighted by Gasteiger charge is 2.07. The van der Waals surface area contributed by atoms with Crippen molar-refractivity contribution >= 4 is 27.5 Å². The third kappa shape index (κ3) is 6.41. The lowest BCUT2D eigenvalue weighted by molar-refractivity contribution is 0.421. The van der Waals surface area contributed by atoms with Gasteiger partial charge >= 0.3 is 0 Å². The summed E-state index contributed by atoms with van der Waals surface area (Å²) in [5.74, 6) is 0. The zero-order valence-electron chi connectivity index (χ0n) is 10.6. The van der Waals surface area contributed by atoms with Gasteiger partial charge in [-0.1, -0.05) is 33.6 Å². The minimum atomic E-state index is 0.178. The standard InChI is InChI=1S/C13H20BrClN2/c1-13(2,3)17-7-6-16-9-10-4-5-11(14)8-12(10)15/h4-5,8,16-17H,6-7,9H2,1-3H3. The van der Waals surface area contributed by atoms with Crippen molar-refractivity contribution in [3.63, 3.8) is 0 Å². The van der Waals surface area contributed by atoms with Crippen molar-refractivity contribution in [2.24, 2.45) is 0 Å². The number of hydrogen-bond acceptors (Lipinski definition) is 2. The smallest absolute Gasteiger partial charge is 0.0462 e. The quantitative estimate of drug-likeness (QED) is 0.811. The molecule has 17 heavy (non-hydrogen) atoms. The molecule has 1 aromatic rings. The maximum absolute atomic E-state index is 6.13. The molecule has 0 unspecified atom stereocenters. The van der Waals surface area contributed by atoms with E-state index in [0.29, 0.717) is 0 Å². The summed E-state index contributed by atoms with van der Waals surface area (Å²) in [5, 5.41) is 7.60. The Balaban J connectivity index is 2.27. The molecule has 0 fully saturated rings. The molecule has 0 aromatic heterocycles. The van der Waals surface area contributed by atoms with E-state index >= 15 is 0 Å². The van der Waals surface area contributed by atoms with Gasteiger partial charge in [-0.05, 0) is 38.5 Å². The van der Waals surface area contributed by atoms with Crippen LogP contribution in [0.1, 0.15) is 26.3 Å². The highest BCUT2D eigenvalue weighted by molar-refractivity contribution is 9.10. The van der Waals surface area contributed by atoms with E-state index in [1.54, 1.807) is 0 Å². The molecule has 0 atom stereocenters. The minimum absolute atomic E-state index is 0.178. The van der Waals surface area contributed by atoms with Crippen LogP contribution in [0.2, 0.25) is 5.02 Å². The number of hydrogen-bond donors (Lipinski definition) is 2. The number of halogens is 2. The van der Waals surface area contributed by atoms with Gasteiger partial charge < -0.3 is 10.6 Å². The van der Waals surface area contributed by atoms with Gasteiger partial charge in [0.1, 0.15) is 0 Å². The first-order valence-electron chi connectivity index (χ1n) is 5.78. The van der Waals surface area contributed by atoms with Gasteiger partial charge in [0.2, 0.25) is 0 Å². The largest absolute Gasteiger partial charge is 0.311 e. The van der Waals surface area contributed by atoms with Gasteiger partial charge in [0.15, 0.2) is 0 Å². The number of benzene rings is 1. The Kier molecular flexibility index (Phi) is 5.93. The fourth-order valence-corrected chi connectivity index (χ4v) is 2.15. The van der Waals surface area contributed by atoms with Crippen LogP contribution in [0.25, 0.3) is 0 Å². The Morgan fingerprint density at radius 3 is 2.53 bits per heavy atom. The SMILES string of the molecule is CC(C)(C)NCCNCc1ccc(Br)cc1Cl. The average Bonchev–Trinajstić information content (AvgIpc) is 2.18. The van der Waals surface area contributed by atoms with E-state index < -0.39 is 0 Å². The van der Waals surface area contributed by atoms with Crippen LogP contribution in [-0.4, -0.2) is 18.6 Å². The van der Waals surface area contributed by atoms with Crippen LogP contribution in [0.15, 0.2) is 22.7 Å². The Bertz CT molecular complexity index is 361. The molecule has 2 N–H and O–H groups in total. The van der Waals surface area contributed by atoms with E-state index in [9.17, 15) is 0 Å². The summed E-state index contributed by atoms with van der Waals surface area (Å²) in [7, 11) is 0. The van der Waals surface area contributed by atoms with Crippen molar-refractivity contribution in [1.29, 1.82) is 0 Å². The maximum Gasteiger partial charge on any atom is 0.0462 e. The second-order valence-electron chi connectivity index (χ2n) is 5.09. The monoisotopic (exact) mass is 318 g/mol. The van der Waals surface area contributed by atoms with Crippen molar-refractivity contribution in [2.75, 3.05) is 13.1 Å². The second-order valence-corrected chi connectivity index (χ2v) is 6.41. The summed E-state index contributed by atoms with van der Waals surface area (Å²) < 4.78 is 1.01. The maximum atomic E-state index is 6.13. The Labute approximate surface area is 117 Å². The van der Waals surface area contributed by atoms with Crippen LogP contribution < -0.4 is 10.6 Å². The van der Waals surface area contributed by atoms with Gasteiger partial charge in [-0.2, -0.15) is 0 Å². The Morgan fingerprint density at radius 2 is 1.94 bits per heavy atom. The van der Waals surface area contributed by atoms with Crippen molar-refractivity contribution in [2.45, 2.75) is 32.9 Å². The predicted molar refractivity (Wildman–Crippen MR) is 78.6 cm³/mol. The number of nitrogens with one attached hydrogen (secondary N) is 2. The van der Waals surface area contributed by atoms with Gasteiger partial charge in [-0.25, -0.2) is 0 Å². The van der Waals surface area contributed by atoms with Crippen molar-refractivity contribution in [3.8, 4) is 0 Å². The minimum Gasteiger partial charge on any atom is -0.311 e. The van der Waals surface area contributed by atoms with Crippen LogP contribution in [0.3, 0.4) is 0 Å². The van der Waals surface area contributed by atoms with Crippen LogP contribution in [-0.2, 0) is 6.54 Å². The Morgan fingerprint density at radius 1 is 1.24 bits per heavy atom. The first-order chi connectivity index (χ1) is 7.88. The van der Waals surface area contributed by atoms with Gasteiger partial charge in [0.05, 0.1) is 0 Å². The van der Waals surface area contributed by atoms with Crippen molar-refractivity contribution < 1.29 is 0 Å². The van der Waals surface area contributed by atoms with Gasteiger partial charge in [0, 0.05) is 34.7 Å². The van der Waals surface area contributed by atoms with E-state index in [1.807, 2.05) is 18.2 Å². The molecular formula is C13H20BrClN2. The predicted octanol–water partition coefficient (Wildman–Crippen LogP) is 3.58. The molecule has 2 nitrogen and oxygen atoms in total. The van der Waals surface area contributed by atoms with Crippen LogP contribution in [0.5, 0.6) is 0 Å². The summed E-state index contributed by atoms with van der Waals surface area (Å²) in [4.78, 5) is 0. The third-order valence-corrected chi connectivity index (χ3v) is 3.13. The summed E-state index contributed by atoms with van der Waals surface area (Å²) in [6, 6.07) is 5.97. The van der Waals surface area contributed by atoms with Gasteiger partial charge in [-0.3, -0.25) is 0 Å². The first-order valence-corrected chi connectivity index (χ1v) is 6.95. The van der Waals surface area contributed by atoms with Crippen molar-refractivity contribution in [1.82, 2.24) is 10.6 Å². The first kappa shape index (κ1) is 15.0. The molecule has 96 valence electrons. The highest BCUT2D eigenvalue weighted by Crippen LogP contribution is 2.20. The zero-order valence-corrected chi connectivity index (χ0v) is 13.0. The molecule has 0 spiro atoms. The molecule has 0 saturated carbocycles. The van der Waals surface area contributed by atoms with E-state index in [1.165, 1.54) is 0 Å². The fourth-order valence-electron chi connectivity index (χ4n) is 1.41. The summed E-state index contributed by atoms with van der Waals surface area (Å²) >= 11 is 9.53. The summed E-state index contributed by atoms with van der Waals surface area (Å²) in [6.45, 7) is 9.19. The molecule has 4 heteroatoms. The molecule has 0 amide bonds. The molecule has 0 aliphatic rings. The van der Waals surface area contributed by atoms with Crippen LogP contribution in [0.4, 0.5) is 0 Å². The average molecular weight is 320 g/mol. The lowest BCUT2D eigenvalue weighted by Gasteiger charge is -2.20. The molecule has 0 saturated heterocycles. The van der Waals surface area contributed by atoms with Crippen molar-refractivity contribution in [3.05, 3.63) is 33.3 Å². The molecular weight excluding hydrogens is 300 g/mol. The van der Waals surface area contributed by atoms with Crippen LogP contribution >= 0.6 is 27.5 Å². The summed E-state index contributed by atoms with van der Waals surface area (Å²) in [6.07, 6.45) is 0. The molecule has 1 rings (SSSR count). The van der Waals surface area contributed by atoms with E-state index in [-0.39, 0.29) is 5.54 Å². The topological polar surface area (TPSA) is 24.1 Å².